The number of esters is 4. The fourth-order valence-electron chi connectivity index (χ4n) is 10.8. The van der Waals surface area contributed by atoms with Gasteiger partial charge in [-0.3, -0.25) is 37.3 Å². The zero-order valence-electron chi connectivity index (χ0n) is 62.2. The van der Waals surface area contributed by atoms with Crippen molar-refractivity contribution in [2.45, 2.75) is 367 Å². The molecule has 0 aromatic rings. The minimum Gasteiger partial charge on any atom is -0.462 e. The molecule has 0 radical (unpaired) electrons. The summed E-state index contributed by atoms with van der Waals surface area (Å²) < 4.78 is 68.4. The van der Waals surface area contributed by atoms with Gasteiger partial charge < -0.3 is 33.8 Å². The van der Waals surface area contributed by atoms with Crippen molar-refractivity contribution in [1.82, 2.24) is 0 Å². The second-order valence-electron chi connectivity index (χ2n) is 26.3. The lowest BCUT2D eigenvalue weighted by Crippen LogP contribution is -2.30. The summed E-state index contributed by atoms with van der Waals surface area (Å²) >= 11 is 0. The normalized spacial score (nSPS) is 14.3. The van der Waals surface area contributed by atoms with Gasteiger partial charge in [0, 0.05) is 19.3 Å². The molecule has 0 fully saturated rings. The average Bonchev–Trinajstić information content (AvgIpc) is 0.959. The van der Waals surface area contributed by atoms with Crippen LogP contribution < -0.4 is 0 Å². The van der Waals surface area contributed by atoms with Crippen LogP contribution in [0.4, 0.5) is 0 Å². The molecule has 0 aliphatic rings. The number of carbonyl (C=O) groups excluding carboxylic acids is 4. The maximum Gasteiger partial charge on any atom is 0.472 e. The summed E-state index contributed by atoms with van der Waals surface area (Å²) in [7, 11) is -9.96. The number of hydrogen-bond acceptors (Lipinski definition) is 15. The second kappa shape index (κ2) is 71.9. The molecule has 0 bridgehead atoms. The molecule has 17 nitrogen and oxygen atoms in total. The van der Waals surface area contributed by atoms with Crippen LogP contribution in [0.5, 0.6) is 0 Å². The smallest absolute Gasteiger partial charge is 0.462 e. The largest absolute Gasteiger partial charge is 0.472 e. The van der Waals surface area contributed by atoms with Gasteiger partial charge in [-0.15, -0.1) is 0 Å². The Morgan fingerprint density at radius 3 is 0.898 bits per heavy atom. The van der Waals surface area contributed by atoms with E-state index in [1.54, 1.807) is 6.08 Å². The van der Waals surface area contributed by atoms with Crippen molar-refractivity contribution in [1.29, 1.82) is 0 Å². The highest BCUT2D eigenvalue weighted by Crippen LogP contribution is 2.45. The fraction of sp³-hybridized carbons (Fsp3) is 0.797. The van der Waals surface area contributed by atoms with Gasteiger partial charge in [-0.25, -0.2) is 9.13 Å². The van der Waals surface area contributed by atoms with Crippen LogP contribution in [0.2, 0.25) is 0 Å². The number of aliphatic hydroxyl groups excluding tert-OH is 1. The molecule has 5 unspecified atom stereocenters. The average molecular weight is 1430 g/mol. The molecule has 570 valence electrons. The number of hydrogen-bond donors (Lipinski definition) is 3. The van der Waals surface area contributed by atoms with Gasteiger partial charge in [0.25, 0.3) is 0 Å². The number of unbranched alkanes of at least 4 members (excludes halogenated alkanes) is 37. The van der Waals surface area contributed by atoms with Gasteiger partial charge in [0.15, 0.2) is 12.2 Å². The molecule has 98 heavy (non-hydrogen) atoms. The highest BCUT2D eigenvalue weighted by molar-refractivity contribution is 7.47. The summed E-state index contributed by atoms with van der Waals surface area (Å²) in [5, 5.41) is 10.6. The zero-order chi connectivity index (χ0) is 71.8. The van der Waals surface area contributed by atoms with Crippen LogP contribution >= 0.6 is 15.6 Å². The van der Waals surface area contributed by atoms with Crippen LogP contribution in [0.3, 0.4) is 0 Å². The van der Waals surface area contributed by atoms with E-state index in [1.165, 1.54) is 154 Å². The number of aliphatic hydroxyl groups is 1. The van der Waals surface area contributed by atoms with E-state index in [0.29, 0.717) is 25.7 Å². The molecule has 0 amide bonds. The number of ether oxygens (including phenoxy) is 4. The molecule has 0 saturated carbocycles. The number of phosphoric ester groups is 2. The van der Waals surface area contributed by atoms with Gasteiger partial charge >= 0.3 is 39.5 Å². The first kappa shape index (κ1) is 94.5. The summed E-state index contributed by atoms with van der Waals surface area (Å²) in [5.41, 5.74) is 0. The van der Waals surface area contributed by atoms with Crippen molar-refractivity contribution in [2.24, 2.45) is 0 Å². The highest BCUT2D eigenvalue weighted by atomic mass is 31.2. The van der Waals surface area contributed by atoms with Crippen molar-refractivity contribution in [3.8, 4) is 0 Å². The van der Waals surface area contributed by atoms with Gasteiger partial charge in [-0.1, -0.05) is 319 Å². The number of phosphoric acid groups is 2. The van der Waals surface area contributed by atoms with E-state index in [4.69, 9.17) is 37.0 Å². The number of carbonyl (C=O) groups is 4. The topological polar surface area (TPSA) is 237 Å². The third kappa shape index (κ3) is 70.9. The second-order valence-corrected chi connectivity index (χ2v) is 29.2. The van der Waals surface area contributed by atoms with E-state index in [0.717, 1.165) is 116 Å². The summed E-state index contributed by atoms with van der Waals surface area (Å²) in [4.78, 5) is 72.8. The molecule has 0 heterocycles. The van der Waals surface area contributed by atoms with Crippen LogP contribution in [0.25, 0.3) is 0 Å². The maximum absolute atomic E-state index is 13.1. The Hall–Kier alpha value is -3.50. The summed E-state index contributed by atoms with van der Waals surface area (Å²) in [6, 6.07) is 0. The van der Waals surface area contributed by atoms with Gasteiger partial charge in [0.1, 0.15) is 19.3 Å². The molecule has 0 rings (SSSR count). The molecular formula is C79H142O17P2. The molecule has 19 heteroatoms. The molecule has 5 atom stereocenters. The van der Waals surface area contributed by atoms with Crippen LogP contribution in [-0.2, 0) is 65.4 Å². The molecular weight excluding hydrogens is 1280 g/mol. The Morgan fingerprint density at radius 2 is 0.571 bits per heavy atom. The lowest BCUT2D eigenvalue weighted by atomic mass is 10.0. The quantitative estimate of drug-likeness (QED) is 0.0169. The Labute approximate surface area is 596 Å². The molecule has 0 aliphatic carbocycles. The summed E-state index contributed by atoms with van der Waals surface area (Å²) in [6.07, 6.45) is 72.0. The molecule has 0 spiro atoms. The van der Waals surface area contributed by atoms with Crippen molar-refractivity contribution in [2.75, 3.05) is 39.6 Å². The molecule has 0 saturated heterocycles. The Kier molecular flexibility index (Phi) is 69.3. The predicted molar refractivity (Wildman–Crippen MR) is 400 cm³/mol. The lowest BCUT2D eigenvalue weighted by Gasteiger charge is -2.21. The molecule has 3 N–H and O–H groups in total. The van der Waals surface area contributed by atoms with Crippen LogP contribution in [0, 0.1) is 0 Å². The molecule has 0 aliphatic heterocycles. The van der Waals surface area contributed by atoms with Crippen LogP contribution in [-0.4, -0.2) is 96.7 Å². The van der Waals surface area contributed by atoms with E-state index in [9.17, 15) is 43.2 Å². The fourth-order valence-corrected chi connectivity index (χ4v) is 12.3. The van der Waals surface area contributed by atoms with E-state index in [2.05, 4.69) is 76.3 Å². The summed E-state index contributed by atoms with van der Waals surface area (Å²) in [5.74, 6) is -2.30. The Bertz CT molecular complexity index is 2140. The number of allylic oxidation sites excluding steroid dienone is 11. The first-order valence-corrected chi connectivity index (χ1v) is 42.2. The predicted octanol–water partition coefficient (Wildman–Crippen LogP) is 22.4. The molecule has 0 aromatic carbocycles. The SMILES string of the molecule is CC/C=C\C/C=C\C/C=C\C/C=C\C/C=C\CC(=O)OCC(COP(=O)(O)OCC(O)COP(=O)(O)OCC(COC(=O)CCCCCCC/C=C\CCCCCCCC)OC(=O)CCCCCCCCCCCCCCCCC)OC(=O)CCCCCCCCCCCCCCC. The minimum absolute atomic E-state index is 0.0666. The standard InChI is InChI=1S/C79H142O17P2/c1-5-9-13-17-21-25-29-33-36-40-43-47-51-55-59-63-76(81)89-69-74(95-78(83)65-61-57-53-49-45-39-32-28-24-20-16-12-8-4)71-93-97(85,86)91-67-73(80)68-92-98(87,88)94-72-75(96-79(84)66-62-58-54-50-46-42-38-35-31-27-23-19-15-11-7-3)70-90-77(82)64-60-56-52-48-44-41-37-34-30-26-22-18-14-10-6-2/h9,13,21,25,33-34,36-37,43,47,55,59,73-75,80H,5-8,10-12,14-20,22-24,26-32,35,38-42,44-46,48-54,56-58,60-72H2,1-4H3,(H,85,86)(H,87,88)/b13-9-,25-21-,36-33-,37-34-,47-43-,59-55-. The van der Waals surface area contributed by atoms with Crippen molar-refractivity contribution < 1.29 is 80.2 Å². The van der Waals surface area contributed by atoms with E-state index in [-0.39, 0.29) is 25.7 Å². The molecule has 0 aromatic heterocycles. The van der Waals surface area contributed by atoms with Crippen LogP contribution in [0.15, 0.2) is 72.9 Å². The zero-order valence-corrected chi connectivity index (χ0v) is 64.0. The van der Waals surface area contributed by atoms with Crippen LogP contribution in [0.1, 0.15) is 349 Å². The van der Waals surface area contributed by atoms with Crippen molar-refractivity contribution in [3.05, 3.63) is 72.9 Å². The van der Waals surface area contributed by atoms with Gasteiger partial charge in [0.05, 0.1) is 32.8 Å². The lowest BCUT2D eigenvalue weighted by molar-refractivity contribution is -0.161. The highest BCUT2D eigenvalue weighted by Gasteiger charge is 2.30. The monoisotopic (exact) mass is 1420 g/mol. The minimum atomic E-state index is -4.99. The third-order valence-electron chi connectivity index (χ3n) is 16.7. The van der Waals surface area contributed by atoms with E-state index >= 15 is 0 Å². The first-order valence-electron chi connectivity index (χ1n) is 39.2. The van der Waals surface area contributed by atoms with E-state index < -0.39 is 97.5 Å². The first-order chi connectivity index (χ1) is 47.7. The third-order valence-corrected chi connectivity index (χ3v) is 18.6. The Balaban J connectivity index is 5.38. The summed E-state index contributed by atoms with van der Waals surface area (Å²) in [6.45, 7) is 4.69. The van der Waals surface area contributed by atoms with Gasteiger partial charge in [-0.05, 0) is 77.0 Å². The van der Waals surface area contributed by atoms with Crippen molar-refractivity contribution in [3.63, 3.8) is 0 Å². The number of rotatable bonds is 74. The Morgan fingerprint density at radius 1 is 0.306 bits per heavy atom. The van der Waals surface area contributed by atoms with Gasteiger partial charge in [0.2, 0.25) is 0 Å². The van der Waals surface area contributed by atoms with Crippen molar-refractivity contribution >= 4 is 39.5 Å². The van der Waals surface area contributed by atoms with E-state index in [1.807, 2.05) is 18.2 Å². The van der Waals surface area contributed by atoms with Gasteiger partial charge in [-0.2, -0.15) is 0 Å². The maximum atomic E-state index is 13.1.